The lowest BCUT2D eigenvalue weighted by Crippen LogP contribution is -2.43. The molecule has 3 nitrogen and oxygen atoms in total. The molecule has 0 radical (unpaired) electrons. The van der Waals surface area contributed by atoms with Crippen LogP contribution in [0.5, 0.6) is 5.75 Å². The Hall–Kier alpha value is -1.06. The van der Waals surface area contributed by atoms with Crippen LogP contribution >= 0.6 is 0 Å². The first-order valence-corrected chi connectivity index (χ1v) is 7.67. The van der Waals surface area contributed by atoms with Crippen LogP contribution in [0.25, 0.3) is 0 Å². The fourth-order valence-electron chi connectivity index (χ4n) is 2.58. The molecule has 0 fully saturated rings. The van der Waals surface area contributed by atoms with Gasteiger partial charge in [-0.05, 0) is 31.4 Å². The van der Waals surface area contributed by atoms with Gasteiger partial charge in [0, 0.05) is 25.6 Å². The Morgan fingerprint density at radius 2 is 2.20 bits per heavy atom. The van der Waals surface area contributed by atoms with Crippen LogP contribution in [-0.2, 0) is 11.2 Å². The molecular weight excluding hydrogens is 250 g/mol. The summed E-state index contributed by atoms with van der Waals surface area (Å²) in [6.45, 7) is 11.0. The van der Waals surface area contributed by atoms with Crippen molar-refractivity contribution in [3.63, 3.8) is 0 Å². The largest absolute Gasteiger partial charge is 0.488 e. The number of ether oxygens (including phenoxy) is 2. The summed E-state index contributed by atoms with van der Waals surface area (Å²) in [5.41, 5.74) is 2.64. The molecule has 3 heteroatoms. The molecule has 1 aromatic rings. The van der Waals surface area contributed by atoms with Crippen LogP contribution in [0.4, 0.5) is 0 Å². The number of benzene rings is 1. The third-order valence-corrected chi connectivity index (χ3v) is 3.87. The fraction of sp³-hybridized carbons (Fsp3) is 0.647. The SMILES string of the molecule is CCOCC(NCC1Cc2cc(C)ccc2O1)C(C)C. The normalized spacial score (nSPS) is 18.9. The molecule has 1 heterocycles. The molecule has 0 saturated carbocycles. The number of hydrogen-bond donors (Lipinski definition) is 1. The maximum absolute atomic E-state index is 5.99. The Labute approximate surface area is 122 Å². The summed E-state index contributed by atoms with van der Waals surface area (Å²) < 4.78 is 11.5. The summed E-state index contributed by atoms with van der Waals surface area (Å²) in [4.78, 5) is 0. The maximum atomic E-state index is 5.99. The lowest BCUT2D eigenvalue weighted by Gasteiger charge is -2.24. The van der Waals surface area contributed by atoms with E-state index in [2.05, 4.69) is 44.3 Å². The van der Waals surface area contributed by atoms with Crippen LogP contribution in [-0.4, -0.2) is 31.9 Å². The lowest BCUT2D eigenvalue weighted by molar-refractivity contribution is 0.102. The predicted octanol–water partition coefficient (Wildman–Crippen LogP) is 2.95. The summed E-state index contributed by atoms with van der Waals surface area (Å²) >= 11 is 0. The first kappa shape index (κ1) is 15.3. The third kappa shape index (κ3) is 3.97. The van der Waals surface area contributed by atoms with E-state index in [-0.39, 0.29) is 6.10 Å². The zero-order valence-corrected chi connectivity index (χ0v) is 13.1. The minimum atomic E-state index is 0.245. The van der Waals surface area contributed by atoms with E-state index in [1.807, 2.05) is 6.92 Å². The molecule has 0 spiro atoms. The van der Waals surface area contributed by atoms with Crippen molar-refractivity contribution in [1.82, 2.24) is 5.32 Å². The highest BCUT2D eigenvalue weighted by Gasteiger charge is 2.24. The van der Waals surface area contributed by atoms with E-state index < -0.39 is 0 Å². The molecule has 20 heavy (non-hydrogen) atoms. The smallest absolute Gasteiger partial charge is 0.123 e. The summed E-state index contributed by atoms with van der Waals surface area (Å²) in [6, 6.07) is 6.82. The molecule has 1 N–H and O–H groups in total. The monoisotopic (exact) mass is 277 g/mol. The van der Waals surface area contributed by atoms with Crippen LogP contribution in [0.1, 0.15) is 31.9 Å². The van der Waals surface area contributed by atoms with Gasteiger partial charge in [0.2, 0.25) is 0 Å². The Bertz CT molecular complexity index is 431. The summed E-state index contributed by atoms with van der Waals surface area (Å²) in [7, 11) is 0. The van der Waals surface area contributed by atoms with Crippen molar-refractivity contribution in [3.8, 4) is 5.75 Å². The van der Waals surface area contributed by atoms with E-state index >= 15 is 0 Å². The maximum Gasteiger partial charge on any atom is 0.123 e. The van der Waals surface area contributed by atoms with Gasteiger partial charge in [-0.3, -0.25) is 0 Å². The minimum Gasteiger partial charge on any atom is -0.488 e. The highest BCUT2D eigenvalue weighted by Crippen LogP contribution is 2.29. The van der Waals surface area contributed by atoms with Crippen molar-refractivity contribution >= 4 is 0 Å². The lowest BCUT2D eigenvalue weighted by atomic mass is 10.0. The highest BCUT2D eigenvalue weighted by atomic mass is 16.5. The summed E-state index contributed by atoms with van der Waals surface area (Å²) in [5, 5.41) is 3.60. The molecule has 0 bridgehead atoms. The molecule has 2 rings (SSSR count). The van der Waals surface area contributed by atoms with Crippen LogP contribution in [0, 0.1) is 12.8 Å². The van der Waals surface area contributed by atoms with Crippen molar-refractivity contribution in [2.24, 2.45) is 5.92 Å². The second-order valence-electron chi connectivity index (χ2n) is 5.97. The first-order valence-electron chi connectivity index (χ1n) is 7.67. The van der Waals surface area contributed by atoms with Gasteiger partial charge < -0.3 is 14.8 Å². The van der Waals surface area contributed by atoms with E-state index in [1.165, 1.54) is 11.1 Å². The molecule has 1 aliphatic rings. The van der Waals surface area contributed by atoms with E-state index in [1.54, 1.807) is 0 Å². The highest BCUT2D eigenvalue weighted by molar-refractivity contribution is 5.40. The molecule has 0 aliphatic carbocycles. The Morgan fingerprint density at radius 1 is 1.40 bits per heavy atom. The average Bonchev–Trinajstić information content (AvgIpc) is 2.80. The van der Waals surface area contributed by atoms with Gasteiger partial charge in [-0.15, -0.1) is 0 Å². The van der Waals surface area contributed by atoms with E-state index in [0.717, 1.165) is 31.9 Å². The molecule has 1 aromatic carbocycles. The van der Waals surface area contributed by atoms with Crippen LogP contribution in [0.3, 0.4) is 0 Å². The van der Waals surface area contributed by atoms with Crippen LogP contribution in [0.15, 0.2) is 18.2 Å². The number of hydrogen-bond acceptors (Lipinski definition) is 3. The second-order valence-corrected chi connectivity index (χ2v) is 5.97. The number of rotatable bonds is 7. The van der Waals surface area contributed by atoms with Gasteiger partial charge in [0.25, 0.3) is 0 Å². The third-order valence-electron chi connectivity index (χ3n) is 3.87. The molecule has 1 aliphatic heterocycles. The standard InChI is InChI=1S/C17H27NO2/c1-5-19-11-16(12(2)3)18-10-15-9-14-8-13(4)6-7-17(14)20-15/h6-8,12,15-16,18H,5,9-11H2,1-4H3. The molecular formula is C17H27NO2. The van der Waals surface area contributed by atoms with Crippen molar-refractivity contribution < 1.29 is 9.47 Å². The van der Waals surface area contributed by atoms with Crippen LogP contribution < -0.4 is 10.1 Å². The van der Waals surface area contributed by atoms with E-state index in [4.69, 9.17) is 9.47 Å². The molecule has 0 aromatic heterocycles. The van der Waals surface area contributed by atoms with Gasteiger partial charge in [-0.25, -0.2) is 0 Å². The molecule has 2 unspecified atom stereocenters. The van der Waals surface area contributed by atoms with Crippen LogP contribution in [0.2, 0.25) is 0 Å². The quantitative estimate of drug-likeness (QED) is 0.831. The van der Waals surface area contributed by atoms with Gasteiger partial charge in [-0.2, -0.15) is 0 Å². The van der Waals surface area contributed by atoms with Crippen molar-refractivity contribution in [2.45, 2.75) is 46.3 Å². The average molecular weight is 277 g/mol. The minimum absolute atomic E-state index is 0.245. The zero-order valence-electron chi connectivity index (χ0n) is 13.1. The molecule has 0 amide bonds. The topological polar surface area (TPSA) is 30.5 Å². The van der Waals surface area contributed by atoms with Crippen molar-refractivity contribution in [1.29, 1.82) is 0 Å². The summed E-state index contributed by atoms with van der Waals surface area (Å²) in [5.74, 6) is 1.61. The number of fused-ring (bicyclic) bond motifs is 1. The number of nitrogens with one attached hydrogen (secondary N) is 1. The van der Waals surface area contributed by atoms with Gasteiger partial charge in [0.1, 0.15) is 11.9 Å². The molecule has 2 atom stereocenters. The van der Waals surface area contributed by atoms with Crippen molar-refractivity contribution in [3.05, 3.63) is 29.3 Å². The number of aryl methyl sites for hydroxylation is 1. The van der Waals surface area contributed by atoms with Gasteiger partial charge in [0.05, 0.1) is 6.61 Å². The Kier molecular flexibility index (Phi) is 5.44. The van der Waals surface area contributed by atoms with Gasteiger partial charge in [0.15, 0.2) is 0 Å². The van der Waals surface area contributed by atoms with Gasteiger partial charge in [-0.1, -0.05) is 31.5 Å². The predicted molar refractivity (Wildman–Crippen MR) is 82.4 cm³/mol. The first-order chi connectivity index (χ1) is 9.60. The van der Waals surface area contributed by atoms with E-state index in [0.29, 0.717) is 12.0 Å². The zero-order chi connectivity index (χ0) is 14.5. The van der Waals surface area contributed by atoms with E-state index in [9.17, 15) is 0 Å². The summed E-state index contributed by atoms with van der Waals surface area (Å²) in [6.07, 6.45) is 1.25. The Balaban J connectivity index is 1.83. The second kappa shape index (κ2) is 7.09. The Morgan fingerprint density at radius 3 is 2.90 bits per heavy atom. The van der Waals surface area contributed by atoms with Gasteiger partial charge >= 0.3 is 0 Å². The van der Waals surface area contributed by atoms with Crippen molar-refractivity contribution in [2.75, 3.05) is 19.8 Å². The molecule has 112 valence electrons. The molecule has 0 saturated heterocycles. The fourth-order valence-corrected chi connectivity index (χ4v) is 2.58.